The van der Waals surface area contributed by atoms with E-state index in [4.69, 9.17) is 0 Å². The first-order chi connectivity index (χ1) is 13.3. The second kappa shape index (κ2) is 6.84. The van der Waals surface area contributed by atoms with Crippen molar-refractivity contribution in [2.24, 2.45) is 0 Å². The summed E-state index contributed by atoms with van der Waals surface area (Å²) in [6.07, 6.45) is 0.247. The molecule has 0 atom stereocenters. The molecule has 3 heterocycles. The number of nitrogens with zero attached hydrogens (tertiary/aromatic N) is 2. The van der Waals surface area contributed by atoms with E-state index in [9.17, 15) is 4.79 Å². The topological polar surface area (TPSA) is 54.9 Å². The van der Waals surface area contributed by atoms with Gasteiger partial charge >= 0.3 is 0 Å². The van der Waals surface area contributed by atoms with E-state index in [2.05, 4.69) is 44.9 Å². The van der Waals surface area contributed by atoms with E-state index >= 15 is 0 Å². The van der Waals surface area contributed by atoms with Crippen molar-refractivity contribution in [3.05, 3.63) is 64.3 Å². The van der Waals surface area contributed by atoms with Crippen molar-refractivity contribution in [2.75, 3.05) is 5.32 Å². The molecule has 0 bridgehead atoms. The molecule has 0 aliphatic carbocycles. The lowest BCUT2D eigenvalue weighted by Crippen LogP contribution is -2.14. The number of aromatic nitrogens is 2. The first kappa shape index (κ1) is 16.6. The number of thiazole rings is 2. The van der Waals surface area contributed by atoms with Gasteiger partial charge in [0.2, 0.25) is 5.91 Å². The third kappa shape index (κ3) is 3.25. The maximum absolute atomic E-state index is 12.4. The molecule has 0 unspecified atom stereocenters. The van der Waals surface area contributed by atoms with E-state index in [1.54, 1.807) is 22.7 Å². The van der Waals surface area contributed by atoms with E-state index in [1.807, 2.05) is 29.0 Å². The smallest absolute Gasteiger partial charge is 0.232 e. The molecule has 3 aromatic heterocycles. The quantitative estimate of drug-likeness (QED) is 0.409. The molecule has 132 valence electrons. The Morgan fingerprint density at radius 2 is 1.96 bits per heavy atom. The molecule has 0 fully saturated rings. The fraction of sp³-hybridized carbons (Fsp3) is 0.0500. The summed E-state index contributed by atoms with van der Waals surface area (Å²) >= 11 is 4.70. The molecular formula is C20H13N3OS3. The summed E-state index contributed by atoms with van der Waals surface area (Å²) in [5.41, 5.74) is 2.82. The van der Waals surface area contributed by atoms with Gasteiger partial charge in [0.05, 0.1) is 22.3 Å². The minimum Gasteiger partial charge on any atom is -0.302 e. The highest BCUT2D eigenvalue weighted by Crippen LogP contribution is 2.32. The molecule has 0 radical (unpaired) electrons. The van der Waals surface area contributed by atoms with Crippen molar-refractivity contribution in [1.29, 1.82) is 0 Å². The van der Waals surface area contributed by atoms with Crippen molar-refractivity contribution >= 4 is 66.0 Å². The highest BCUT2D eigenvalue weighted by atomic mass is 32.1. The Hall–Kier alpha value is -2.61. The summed E-state index contributed by atoms with van der Waals surface area (Å²) in [5.74, 6) is -0.0967. The van der Waals surface area contributed by atoms with Crippen LogP contribution in [0.15, 0.2) is 58.6 Å². The van der Waals surface area contributed by atoms with E-state index in [0.717, 1.165) is 37.3 Å². The Balaban J connectivity index is 1.36. The van der Waals surface area contributed by atoms with Crippen LogP contribution in [0.1, 0.15) is 5.69 Å². The van der Waals surface area contributed by atoms with Crippen LogP contribution in [0, 0.1) is 0 Å². The van der Waals surface area contributed by atoms with E-state index in [0.29, 0.717) is 5.13 Å². The van der Waals surface area contributed by atoms with Crippen LogP contribution in [0.3, 0.4) is 0 Å². The van der Waals surface area contributed by atoms with Gasteiger partial charge in [-0.3, -0.25) is 4.79 Å². The predicted molar refractivity (Wildman–Crippen MR) is 115 cm³/mol. The van der Waals surface area contributed by atoms with Crippen LogP contribution in [-0.4, -0.2) is 15.9 Å². The van der Waals surface area contributed by atoms with Gasteiger partial charge in [-0.2, -0.15) is 11.3 Å². The lowest BCUT2D eigenvalue weighted by atomic mass is 10.1. The van der Waals surface area contributed by atoms with Gasteiger partial charge in [-0.25, -0.2) is 9.97 Å². The molecule has 0 saturated carbocycles. The average molecular weight is 408 g/mol. The first-order valence-corrected chi connectivity index (χ1v) is 11.0. The Bertz CT molecular complexity index is 1250. The molecule has 1 amide bonds. The van der Waals surface area contributed by atoms with Crippen molar-refractivity contribution in [3.8, 4) is 10.6 Å². The Morgan fingerprint density at radius 3 is 2.85 bits per heavy atom. The molecule has 5 rings (SSSR count). The standard InChI is InChI=1S/C20H13N3OS3/c24-17(9-14-11-26-19(21-14)13-7-8-25-10-13)22-20-23-18-15-4-2-1-3-12(15)5-6-16(18)27-20/h1-8,10-11H,9H2,(H,22,23,24). The minimum atomic E-state index is -0.0967. The summed E-state index contributed by atoms with van der Waals surface area (Å²) in [6, 6.07) is 14.3. The fourth-order valence-corrected chi connectivity index (χ4v) is 5.38. The maximum atomic E-state index is 12.4. The third-order valence-electron chi connectivity index (χ3n) is 4.19. The number of rotatable bonds is 4. The van der Waals surface area contributed by atoms with Gasteiger partial charge in [0, 0.05) is 21.7 Å². The number of carbonyl (C=O) groups is 1. The number of carbonyl (C=O) groups excluding carboxylic acids is 1. The number of thiophene rings is 1. The molecular weight excluding hydrogens is 394 g/mol. The summed E-state index contributed by atoms with van der Waals surface area (Å²) < 4.78 is 1.07. The fourth-order valence-electron chi connectivity index (χ4n) is 2.95. The van der Waals surface area contributed by atoms with E-state index in [-0.39, 0.29) is 12.3 Å². The van der Waals surface area contributed by atoms with Gasteiger partial charge in [-0.05, 0) is 22.9 Å². The summed E-state index contributed by atoms with van der Waals surface area (Å²) in [5, 5.41) is 12.8. The first-order valence-electron chi connectivity index (χ1n) is 8.31. The molecule has 2 aromatic carbocycles. The number of fused-ring (bicyclic) bond motifs is 3. The van der Waals surface area contributed by atoms with Crippen LogP contribution in [0.25, 0.3) is 31.6 Å². The number of hydrogen-bond acceptors (Lipinski definition) is 6. The molecule has 5 aromatic rings. The minimum absolute atomic E-state index is 0.0967. The molecule has 1 N–H and O–H groups in total. The van der Waals surface area contributed by atoms with Gasteiger partial charge in [0.15, 0.2) is 5.13 Å². The molecule has 27 heavy (non-hydrogen) atoms. The summed E-state index contributed by atoms with van der Waals surface area (Å²) in [4.78, 5) is 21.6. The SMILES string of the molecule is O=C(Cc1csc(-c2ccsc2)n1)Nc1nc2c(ccc3ccccc32)s1. The zero-order valence-electron chi connectivity index (χ0n) is 14.0. The van der Waals surface area contributed by atoms with Crippen LogP contribution >= 0.6 is 34.0 Å². The number of anilines is 1. The van der Waals surface area contributed by atoms with Gasteiger partial charge in [0.1, 0.15) is 5.01 Å². The van der Waals surface area contributed by atoms with E-state index < -0.39 is 0 Å². The highest BCUT2D eigenvalue weighted by Gasteiger charge is 2.13. The molecule has 4 nitrogen and oxygen atoms in total. The lowest BCUT2D eigenvalue weighted by molar-refractivity contribution is -0.115. The van der Waals surface area contributed by atoms with Crippen LogP contribution in [0.4, 0.5) is 5.13 Å². The molecule has 0 saturated heterocycles. The van der Waals surface area contributed by atoms with Crippen molar-refractivity contribution in [3.63, 3.8) is 0 Å². The molecule has 0 aliphatic heterocycles. The van der Waals surface area contributed by atoms with Crippen molar-refractivity contribution in [2.45, 2.75) is 6.42 Å². The van der Waals surface area contributed by atoms with Gasteiger partial charge in [-0.1, -0.05) is 41.7 Å². The molecule has 0 aliphatic rings. The van der Waals surface area contributed by atoms with Crippen LogP contribution in [-0.2, 0) is 11.2 Å². The average Bonchev–Trinajstić information content (AvgIpc) is 3.41. The largest absolute Gasteiger partial charge is 0.302 e. The Kier molecular flexibility index (Phi) is 4.20. The molecule has 7 heteroatoms. The predicted octanol–water partition coefficient (Wildman–Crippen LogP) is 5.82. The van der Waals surface area contributed by atoms with Crippen LogP contribution < -0.4 is 5.32 Å². The number of hydrogen-bond donors (Lipinski definition) is 1. The van der Waals surface area contributed by atoms with E-state index in [1.165, 1.54) is 11.3 Å². The zero-order chi connectivity index (χ0) is 18.2. The summed E-state index contributed by atoms with van der Waals surface area (Å²) in [6.45, 7) is 0. The van der Waals surface area contributed by atoms with Crippen molar-refractivity contribution < 1.29 is 4.79 Å². The lowest BCUT2D eigenvalue weighted by Gasteiger charge is -1.99. The number of nitrogens with one attached hydrogen (secondary N) is 1. The monoisotopic (exact) mass is 407 g/mol. The number of benzene rings is 2. The van der Waals surface area contributed by atoms with Gasteiger partial charge in [-0.15, -0.1) is 11.3 Å². The second-order valence-corrected chi connectivity index (χ2v) is 8.70. The summed E-state index contributed by atoms with van der Waals surface area (Å²) in [7, 11) is 0. The Labute approximate surface area is 167 Å². The normalized spacial score (nSPS) is 11.3. The maximum Gasteiger partial charge on any atom is 0.232 e. The second-order valence-electron chi connectivity index (χ2n) is 6.03. The third-order valence-corrected chi connectivity index (χ3v) is 6.75. The van der Waals surface area contributed by atoms with Gasteiger partial charge in [0.25, 0.3) is 0 Å². The highest BCUT2D eigenvalue weighted by molar-refractivity contribution is 7.22. The van der Waals surface area contributed by atoms with Crippen LogP contribution in [0.2, 0.25) is 0 Å². The van der Waals surface area contributed by atoms with Gasteiger partial charge < -0.3 is 5.32 Å². The Morgan fingerprint density at radius 1 is 1.04 bits per heavy atom. The molecule has 0 spiro atoms. The number of amides is 1. The van der Waals surface area contributed by atoms with Crippen molar-refractivity contribution in [1.82, 2.24) is 9.97 Å². The zero-order valence-corrected chi connectivity index (χ0v) is 16.5. The van der Waals surface area contributed by atoms with Crippen LogP contribution in [0.5, 0.6) is 0 Å².